The van der Waals surface area contributed by atoms with Crippen molar-refractivity contribution < 1.29 is 19.0 Å². The van der Waals surface area contributed by atoms with E-state index in [0.717, 1.165) is 0 Å². The zero-order valence-corrected chi connectivity index (χ0v) is 11.3. The van der Waals surface area contributed by atoms with Crippen LogP contribution in [0.1, 0.15) is 20.8 Å². The van der Waals surface area contributed by atoms with E-state index in [4.69, 9.17) is 15.6 Å². The minimum atomic E-state index is -1.02. The molecular weight excluding hydrogens is 251 g/mol. The molecule has 6 heteroatoms. The Morgan fingerprint density at radius 3 is 2.63 bits per heavy atom. The summed E-state index contributed by atoms with van der Waals surface area (Å²) in [6.07, 6.45) is -1.02. The van der Waals surface area contributed by atoms with E-state index in [2.05, 4.69) is 0 Å². The Labute approximate surface area is 111 Å². The molecule has 0 bridgehead atoms. The van der Waals surface area contributed by atoms with Crippen LogP contribution in [-0.4, -0.2) is 34.8 Å². The first-order valence-electron chi connectivity index (χ1n) is 5.91. The number of anilines is 1. The lowest BCUT2D eigenvalue weighted by Gasteiger charge is -2.33. The Balaban J connectivity index is 2.63. The summed E-state index contributed by atoms with van der Waals surface area (Å²) in [6.45, 7) is 5.65. The average molecular weight is 270 g/mol. The van der Waals surface area contributed by atoms with E-state index in [9.17, 15) is 9.18 Å². The second kappa shape index (κ2) is 5.77. The molecule has 0 aromatic heterocycles. The highest BCUT2D eigenvalue weighted by Crippen LogP contribution is 2.23. The van der Waals surface area contributed by atoms with Gasteiger partial charge in [-0.05, 0) is 32.9 Å². The largest absolute Gasteiger partial charge is 0.489 e. The fraction of sp³-hybridized carbons (Fsp3) is 0.462. The van der Waals surface area contributed by atoms with E-state index in [1.807, 2.05) is 0 Å². The van der Waals surface area contributed by atoms with Crippen LogP contribution in [-0.2, 0) is 0 Å². The molecule has 1 aromatic rings. The number of rotatable bonds is 4. The maximum Gasteiger partial charge on any atom is 0.407 e. The molecule has 0 aliphatic rings. The van der Waals surface area contributed by atoms with Gasteiger partial charge >= 0.3 is 6.09 Å². The summed E-state index contributed by atoms with van der Waals surface area (Å²) in [5.74, 6) is -0.331. The first-order chi connectivity index (χ1) is 8.73. The predicted molar refractivity (Wildman–Crippen MR) is 70.8 cm³/mol. The SMILES string of the molecule is CC(C)(C)N(CCOc1cccc(F)c1N)C(=O)O. The standard InChI is InChI=1S/C13H19FN2O3/c1-13(2,3)16(12(17)18)7-8-19-10-6-4-5-9(14)11(10)15/h4-6H,7-8,15H2,1-3H3,(H,17,18). The van der Waals surface area contributed by atoms with Crippen LogP contribution in [0.15, 0.2) is 18.2 Å². The second-order valence-electron chi connectivity index (χ2n) is 5.11. The minimum Gasteiger partial charge on any atom is -0.489 e. The van der Waals surface area contributed by atoms with Crippen molar-refractivity contribution in [1.82, 2.24) is 4.90 Å². The van der Waals surface area contributed by atoms with Crippen LogP contribution < -0.4 is 10.5 Å². The Hall–Kier alpha value is -1.98. The Morgan fingerprint density at radius 2 is 2.11 bits per heavy atom. The van der Waals surface area contributed by atoms with E-state index in [0.29, 0.717) is 0 Å². The molecule has 1 amide bonds. The maximum atomic E-state index is 13.2. The summed E-state index contributed by atoms with van der Waals surface area (Å²) in [4.78, 5) is 12.3. The highest BCUT2D eigenvalue weighted by Gasteiger charge is 2.25. The van der Waals surface area contributed by atoms with E-state index >= 15 is 0 Å². The lowest BCUT2D eigenvalue weighted by molar-refractivity contribution is 0.0893. The summed E-state index contributed by atoms with van der Waals surface area (Å²) in [5, 5.41) is 9.09. The smallest absolute Gasteiger partial charge is 0.407 e. The molecule has 5 nitrogen and oxygen atoms in total. The number of para-hydroxylation sites is 1. The van der Waals surface area contributed by atoms with Crippen LogP contribution in [0.4, 0.5) is 14.9 Å². The number of nitrogen functional groups attached to an aromatic ring is 1. The quantitative estimate of drug-likeness (QED) is 0.824. The van der Waals surface area contributed by atoms with Crippen LogP contribution in [0.25, 0.3) is 0 Å². The third-order valence-electron chi connectivity index (χ3n) is 2.63. The van der Waals surface area contributed by atoms with Crippen LogP contribution in [0, 0.1) is 5.82 Å². The number of halogens is 1. The third-order valence-corrected chi connectivity index (χ3v) is 2.63. The van der Waals surface area contributed by atoms with Gasteiger partial charge in [0, 0.05) is 5.54 Å². The monoisotopic (exact) mass is 270 g/mol. The molecule has 1 aromatic carbocycles. The molecule has 1 rings (SSSR count). The molecule has 0 saturated heterocycles. The topological polar surface area (TPSA) is 75.8 Å². The average Bonchev–Trinajstić information content (AvgIpc) is 2.27. The van der Waals surface area contributed by atoms with E-state index in [-0.39, 0.29) is 24.6 Å². The van der Waals surface area contributed by atoms with Crippen molar-refractivity contribution in [2.75, 3.05) is 18.9 Å². The van der Waals surface area contributed by atoms with Gasteiger partial charge in [-0.1, -0.05) is 6.07 Å². The molecule has 0 spiro atoms. The van der Waals surface area contributed by atoms with Crippen molar-refractivity contribution >= 4 is 11.8 Å². The first kappa shape index (κ1) is 15.1. The minimum absolute atomic E-state index is 0.0693. The van der Waals surface area contributed by atoms with Crippen LogP contribution in [0.2, 0.25) is 0 Å². The fourth-order valence-electron chi connectivity index (χ4n) is 1.61. The van der Waals surface area contributed by atoms with Gasteiger partial charge in [0.25, 0.3) is 0 Å². The van der Waals surface area contributed by atoms with Gasteiger partial charge in [0.15, 0.2) is 0 Å². The van der Waals surface area contributed by atoms with Gasteiger partial charge in [0.05, 0.1) is 6.54 Å². The number of amides is 1. The first-order valence-corrected chi connectivity index (χ1v) is 5.91. The zero-order valence-electron chi connectivity index (χ0n) is 11.3. The number of nitrogens with zero attached hydrogens (tertiary/aromatic N) is 1. The second-order valence-corrected chi connectivity index (χ2v) is 5.11. The lowest BCUT2D eigenvalue weighted by atomic mass is 10.1. The highest BCUT2D eigenvalue weighted by atomic mass is 19.1. The van der Waals surface area contributed by atoms with Gasteiger partial charge in [-0.15, -0.1) is 0 Å². The Bertz CT molecular complexity index is 458. The number of hydrogen-bond acceptors (Lipinski definition) is 3. The van der Waals surface area contributed by atoms with Gasteiger partial charge in [-0.2, -0.15) is 0 Å². The summed E-state index contributed by atoms with van der Waals surface area (Å²) < 4.78 is 18.5. The molecule has 19 heavy (non-hydrogen) atoms. The van der Waals surface area contributed by atoms with Crippen molar-refractivity contribution in [2.45, 2.75) is 26.3 Å². The van der Waals surface area contributed by atoms with Gasteiger partial charge in [-0.25, -0.2) is 9.18 Å². The fourth-order valence-corrected chi connectivity index (χ4v) is 1.61. The molecule has 3 N–H and O–H groups in total. The van der Waals surface area contributed by atoms with E-state index in [1.165, 1.54) is 17.0 Å². The molecule has 0 radical (unpaired) electrons. The Kier molecular flexibility index (Phi) is 4.58. The predicted octanol–water partition coefficient (Wildman–Crippen LogP) is 2.57. The molecular formula is C13H19FN2O3. The molecule has 0 saturated carbocycles. The third kappa shape index (κ3) is 4.01. The maximum absolute atomic E-state index is 13.2. The summed E-state index contributed by atoms with van der Waals surface area (Å²) >= 11 is 0. The van der Waals surface area contributed by atoms with E-state index < -0.39 is 17.4 Å². The molecule has 0 heterocycles. The molecule has 0 aliphatic carbocycles. The Morgan fingerprint density at radius 1 is 1.47 bits per heavy atom. The van der Waals surface area contributed by atoms with Crippen molar-refractivity contribution in [3.05, 3.63) is 24.0 Å². The van der Waals surface area contributed by atoms with Gasteiger partial charge in [0.2, 0.25) is 0 Å². The molecule has 0 fully saturated rings. The van der Waals surface area contributed by atoms with Crippen LogP contribution in [0.5, 0.6) is 5.75 Å². The summed E-state index contributed by atoms with van der Waals surface area (Å²) in [6, 6.07) is 4.27. The number of carboxylic acid groups (broad SMARTS) is 1. The van der Waals surface area contributed by atoms with Gasteiger partial charge in [0.1, 0.15) is 23.9 Å². The normalized spacial score (nSPS) is 11.2. The molecule has 0 unspecified atom stereocenters. The zero-order chi connectivity index (χ0) is 14.6. The van der Waals surface area contributed by atoms with Crippen molar-refractivity contribution in [2.24, 2.45) is 0 Å². The summed E-state index contributed by atoms with van der Waals surface area (Å²) in [7, 11) is 0. The molecule has 0 aliphatic heterocycles. The molecule has 0 atom stereocenters. The number of benzene rings is 1. The summed E-state index contributed by atoms with van der Waals surface area (Å²) in [5.41, 5.74) is 4.92. The van der Waals surface area contributed by atoms with Crippen molar-refractivity contribution in [3.63, 3.8) is 0 Å². The lowest BCUT2D eigenvalue weighted by Crippen LogP contribution is -2.46. The van der Waals surface area contributed by atoms with E-state index in [1.54, 1.807) is 26.8 Å². The number of carbonyl (C=O) groups is 1. The number of ether oxygens (including phenoxy) is 1. The van der Waals surface area contributed by atoms with Crippen LogP contribution >= 0.6 is 0 Å². The highest BCUT2D eigenvalue weighted by molar-refractivity contribution is 5.66. The van der Waals surface area contributed by atoms with Gasteiger partial charge in [-0.3, -0.25) is 0 Å². The molecule has 106 valence electrons. The van der Waals surface area contributed by atoms with Gasteiger partial charge < -0.3 is 20.5 Å². The van der Waals surface area contributed by atoms with Crippen molar-refractivity contribution in [3.8, 4) is 5.75 Å². The number of hydrogen-bond donors (Lipinski definition) is 2. The van der Waals surface area contributed by atoms with Crippen LogP contribution in [0.3, 0.4) is 0 Å². The number of nitrogens with two attached hydrogens (primary N) is 1. The van der Waals surface area contributed by atoms with Crippen molar-refractivity contribution in [1.29, 1.82) is 0 Å².